The smallest absolute Gasteiger partial charge is 0.462 e. The van der Waals surface area contributed by atoms with Crippen LogP contribution in [0.5, 0.6) is 0 Å². The van der Waals surface area contributed by atoms with Crippen LogP contribution < -0.4 is 0 Å². The highest BCUT2D eigenvalue weighted by Gasteiger charge is 2.30. The van der Waals surface area contributed by atoms with Gasteiger partial charge in [0.05, 0.1) is 26.4 Å². The molecule has 0 aliphatic heterocycles. The molecule has 0 amide bonds. The third-order valence-corrected chi connectivity index (χ3v) is 21.7. The van der Waals surface area contributed by atoms with Crippen LogP contribution in [0.1, 0.15) is 421 Å². The van der Waals surface area contributed by atoms with E-state index < -0.39 is 97.5 Å². The number of rotatable bonds is 79. The summed E-state index contributed by atoms with van der Waals surface area (Å²) in [7, 11) is -9.92. The monoisotopic (exact) mass is 1480 g/mol. The van der Waals surface area contributed by atoms with Gasteiger partial charge in [0.1, 0.15) is 19.3 Å². The summed E-state index contributed by atoms with van der Waals surface area (Å²) in [4.78, 5) is 73.0. The molecule has 4 unspecified atom stereocenters. The van der Waals surface area contributed by atoms with Gasteiger partial charge in [-0.15, -0.1) is 0 Å². The van der Waals surface area contributed by atoms with E-state index in [9.17, 15) is 43.2 Å². The number of hydrogen-bond donors (Lipinski definition) is 3. The first kappa shape index (κ1) is 99.1. The van der Waals surface area contributed by atoms with Crippen LogP contribution in [0.3, 0.4) is 0 Å². The van der Waals surface area contributed by atoms with Crippen LogP contribution in [-0.2, 0) is 65.4 Å². The summed E-state index contributed by atoms with van der Waals surface area (Å²) in [5.41, 5.74) is 0. The fourth-order valence-electron chi connectivity index (χ4n) is 12.5. The molecule has 0 radical (unpaired) electrons. The second-order valence-corrected chi connectivity index (χ2v) is 33.9. The Morgan fingerprint density at radius 2 is 0.475 bits per heavy atom. The van der Waals surface area contributed by atoms with E-state index >= 15 is 0 Å². The number of carbonyl (C=O) groups is 4. The van der Waals surface area contributed by atoms with Crippen molar-refractivity contribution < 1.29 is 80.2 Å². The average molecular weight is 1480 g/mol. The van der Waals surface area contributed by atoms with Crippen LogP contribution in [0.25, 0.3) is 0 Å². The minimum atomic E-state index is -4.96. The van der Waals surface area contributed by atoms with Gasteiger partial charge in [0.15, 0.2) is 12.2 Å². The molecule has 0 fully saturated rings. The summed E-state index contributed by atoms with van der Waals surface area (Å²) in [6, 6.07) is 0. The van der Waals surface area contributed by atoms with Crippen LogP contribution in [0.4, 0.5) is 0 Å². The van der Waals surface area contributed by atoms with Crippen LogP contribution in [0.15, 0.2) is 0 Å². The Bertz CT molecular complexity index is 1980. The maximum Gasteiger partial charge on any atom is 0.472 e. The lowest BCUT2D eigenvalue weighted by atomic mass is 9.99. The van der Waals surface area contributed by atoms with Crippen molar-refractivity contribution in [2.45, 2.75) is 440 Å². The largest absolute Gasteiger partial charge is 0.472 e. The Morgan fingerprint density at radius 3 is 0.703 bits per heavy atom. The summed E-state index contributed by atoms with van der Waals surface area (Å²) < 4.78 is 68.7. The molecule has 0 aromatic heterocycles. The zero-order valence-corrected chi connectivity index (χ0v) is 68.3. The molecule has 0 saturated carbocycles. The van der Waals surface area contributed by atoms with E-state index in [1.807, 2.05) is 0 Å². The molecule has 0 aromatic carbocycles. The number of hydrogen-bond acceptors (Lipinski definition) is 15. The van der Waals surface area contributed by atoms with Gasteiger partial charge in [-0.25, -0.2) is 9.13 Å². The molecule has 0 spiro atoms. The zero-order chi connectivity index (χ0) is 74.6. The second-order valence-electron chi connectivity index (χ2n) is 31.0. The van der Waals surface area contributed by atoms with Gasteiger partial charge in [0.2, 0.25) is 0 Å². The number of esters is 4. The van der Waals surface area contributed by atoms with Gasteiger partial charge in [0, 0.05) is 25.7 Å². The number of phosphoric acid groups is 2. The SMILES string of the molecule is CCC(C)CCCCCCCCCCCCCCCCCCCCC(=O)O[C@H](COC(=O)CCCCCCCCC(C)C)COP(=O)(O)OC[C@H](O)COP(=O)(O)OC[C@@H](COC(=O)CCCCCCCCCCCCCCCC(C)C)OC(=O)CCCCCCCCCCCCC(C)CC. The zero-order valence-electron chi connectivity index (χ0n) is 66.5. The van der Waals surface area contributed by atoms with E-state index in [1.54, 1.807) is 0 Å². The number of carbonyl (C=O) groups excluding carboxylic acids is 4. The Hall–Kier alpha value is -1.94. The summed E-state index contributed by atoms with van der Waals surface area (Å²) in [5.74, 6) is 1.03. The lowest BCUT2D eigenvalue weighted by molar-refractivity contribution is -0.161. The van der Waals surface area contributed by atoms with Crippen LogP contribution >= 0.6 is 15.6 Å². The van der Waals surface area contributed by atoms with Gasteiger partial charge in [-0.05, 0) is 49.4 Å². The molecule has 101 heavy (non-hydrogen) atoms. The fourth-order valence-corrected chi connectivity index (χ4v) is 14.1. The molecule has 600 valence electrons. The molecule has 0 aliphatic rings. The van der Waals surface area contributed by atoms with E-state index in [4.69, 9.17) is 37.0 Å². The molecule has 3 N–H and O–H groups in total. The first-order valence-corrected chi connectivity index (χ1v) is 45.3. The third-order valence-electron chi connectivity index (χ3n) is 19.8. The number of unbranched alkanes of at least 4 members (excludes halogenated alkanes) is 43. The molecule has 7 atom stereocenters. The maximum atomic E-state index is 13.1. The summed E-state index contributed by atoms with van der Waals surface area (Å²) >= 11 is 0. The van der Waals surface area contributed by atoms with E-state index in [1.165, 1.54) is 218 Å². The van der Waals surface area contributed by atoms with Crippen molar-refractivity contribution in [1.82, 2.24) is 0 Å². The molecular formula is C82H160O17P2. The number of aliphatic hydroxyl groups excluding tert-OH is 1. The highest BCUT2D eigenvalue weighted by atomic mass is 31.2. The van der Waals surface area contributed by atoms with Crippen molar-refractivity contribution >= 4 is 39.5 Å². The fraction of sp³-hybridized carbons (Fsp3) is 0.951. The van der Waals surface area contributed by atoms with Gasteiger partial charge in [0.25, 0.3) is 0 Å². The molecule has 0 aromatic rings. The minimum Gasteiger partial charge on any atom is -0.462 e. The van der Waals surface area contributed by atoms with Gasteiger partial charge >= 0.3 is 39.5 Å². The van der Waals surface area contributed by atoms with Gasteiger partial charge in [-0.1, -0.05) is 370 Å². The van der Waals surface area contributed by atoms with Crippen molar-refractivity contribution in [3.63, 3.8) is 0 Å². The molecular weight excluding hydrogens is 1320 g/mol. The highest BCUT2D eigenvalue weighted by Crippen LogP contribution is 2.45. The maximum absolute atomic E-state index is 13.1. The van der Waals surface area contributed by atoms with E-state index in [0.29, 0.717) is 31.6 Å². The van der Waals surface area contributed by atoms with Crippen molar-refractivity contribution in [2.75, 3.05) is 39.6 Å². The Morgan fingerprint density at radius 1 is 0.277 bits per heavy atom. The topological polar surface area (TPSA) is 237 Å². The van der Waals surface area contributed by atoms with Crippen molar-refractivity contribution in [2.24, 2.45) is 23.7 Å². The molecule has 0 rings (SSSR count). The number of phosphoric ester groups is 2. The Balaban J connectivity index is 5.18. The quantitative estimate of drug-likeness (QED) is 0.0222. The average Bonchev–Trinajstić information content (AvgIpc) is 0.984. The lowest BCUT2D eigenvalue weighted by Gasteiger charge is -2.21. The van der Waals surface area contributed by atoms with Gasteiger partial charge in [-0.2, -0.15) is 0 Å². The van der Waals surface area contributed by atoms with Crippen molar-refractivity contribution in [3.05, 3.63) is 0 Å². The Kier molecular flexibility index (Phi) is 69.6. The van der Waals surface area contributed by atoms with Crippen molar-refractivity contribution in [1.29, 1.82) is 0 Å². The first-order valence-electron chi connectivity index (χ1n) is 42.3. The van der Waals surface area contributed by atoms with Gasteiger partial charge < -0.3 is 33.8 Å². The third kappa shape index (κ3) is 73.4. The summed E-state index contributed by atoms with van der Waals surface area (Å²) in [6.07, 6.45) is 58.4. The number of ether oxygens (including phenoxy) is 4. The van der Waals surface area contributed by atoms with E-state index in [0.717, 1.165) is 114 Å². The predicted molar refractivity (Wildman–Crippen MR) is 414 cm³/mol. The molecule has 19 heteroatoms. The summed E-state index contributed by atoms with van der Waals surface area (Å²) in [5, 5.41) is 10.6. The van der Waals surface area contributed by atoms with Crippen LogP contribution in [0.2, 0.25) is 0 Å². The molecule has 0 bridgehead atoms. The highest BCUT2D eigenvalue weighted by molar-refractivity contribution is 7.47. The minimum absolute atomic E-state index is 0.106. The molecule has 0 aliphatic carbocycles. The lowest BCUT2D eigenvalue weighted by Crippen LogP contribution is -2.30. The molecule has 0 heterocycles. The predicted octanol–water partition coefficient (Wildman–Crippen LogP) is 24.4. The summed E-state index contributed by atoms with van der Waals surface area (Å²) in [6.45, 7) is 14.3. The van der Waals surface area contributed by atoms with E-state index in [-0.39, 0.29) is 25.7 Å². The normalized spacial score (nSPS) is 14.5. The Labute approximate surface area is 619 Å². The van der Waals surface area contributed by atoms with Crippen LogP contribution in [-0.4, -0.2) is 96.7 Å². The number of aliphatic hydroxyl groups is 1. The molecule has 17 nitrogen and oxygen atoms in total. The second kappa shape index (κ2) is 71.0. The van der Waals surface area contributed by atoms with E-state index in [2.05, 4.69) is 55.4 Å². The van der Waals surface area contributed by atoms with Gasteiger partial charge in [-0.3, -0.25) is 37.3 Å². The molecule has 0 saturated heterocycles. The van der Waals surface area contributed by atoms with Crippen LogP contribution in [0, 0.1) is 23.7 Å². The first-order chi connectivity index (χ1) is 48.7. The van der Waals surface area contributed by atoms with Crippen molar-refractivity contribution in [3.8, 4) is 0 Å². The standard InChI is InChI=1S/C82H160O17P2/c1-9-74(7)60-52-44-35-29-23-19-15-13-11-12-14-16-20-25-32-38-48-56-64-81(86)99-78(69-93-80(85)63-55-47-41-40-43-51-59-73(5)6)71-97-101(90,91)95-67-76(83)66-94-100(88,89)96-70-77(98-82(87)65-57-49-39-33-27-26-30-36-45-53-61-75(8)10-2)68-92-79(84)62-54-46-37-31-24-21-17-18-22-28-34-42-50-58-72(3)4/h72-78,83H,9-71H2,1-8H3,(H,88,89)(H,90,91)/t74?,75?,76-,77-,78-/m1/s1.